The van der Waals surface area contributed by atoms with Gasteiger partial charge in [-0.25, -0.2) is 9.48 Å². The van der Waals surface area contributed by atoms with Crippen LogP contribution < -0.4 is 5.56 Å². The Hall–Kier alpha value is -2.17. The van der Waals surface area contributed by atoms with Crippen molar-refractivity contribution >= 4 is 16.7 Å². The summed E-state index contributed by atoms with van der Waals surface area (Å²) in [5.41, 5.74) is -0.00931. The molecule has 0 fully saturated rings. The van der Waals surface area contributed by atoms with Crippen LogP contribution in [0.4, 0.5) is 0 Å². The first-order valence-corrected chi connectivity index (χ1v) is 6.25. The quantitative estimate of drug-likeness (QED) is 0.792. The van der Waals surface area contributed by atoms with Crippen molar-refractivity contribution in [2.24, 2.45) is 0 Å². The first-order valence-electron chi connectivity index (χ1n) is 6.25. The number of carbonyl (C=O) groups excluding carboxylic acids is 1. The number of fused-ring (bicyclic) bond motifs is 1. The van der Waals surface area contributed by atoms with Crippen molar-refractivity contribution in [2.45, 2.75) is 33.4 Å². The Morgan fingerprint density at radius 1 is 1.32 bits per heavy atom. The molecule has 0 aliphatic carbocycles. The van der Waals surface area contributed by atoms with Crippen molar-refractivity contribution < 1.29 is 9.53 Å². The van der Waals surface area contributed by atoms with Crippen LogP contribution in [0.2, 0.25) is 0 Å². The Balaban J connectivity index is 2.69. The predicted octanol–water partition coefficient (Wildman–Crippen LogP) is 1.98. The summed E-state index contributed by atoms with van der Waals surface area (Å²) < 4.78 is 6.44. The smallest absolute Gasteiger partial charge is 0.359 e. The minimum atomic E-state index is -0.506. The van der Waals surface area contributed by atoms with Crippen molar-refractivity contribution in [2.75, 3.05) is 0 Å². The van der Waals surface area contributed by atoms with E-state index in [2.05, 4.69) is 5.10 Å². The molecule has 0 aliphatic heterocycles. The standard InChI is InChI=1S/C14H16N2O3/c1-4-16-13(17)11-8-6-5-7-10(11)12(15-16)14(18)19-9(2)3/h5-9H,4H2,1-3H3. The van der Waals surface area contributed by atoms with Crippen LogP contribution in [-0.2, 0) is 11.3 Å². The largest absolute Gasteiger partial charge is 0.458 e. The molecular formula is C14H16N2O3. The highest BCUT2D eigenvalue weighted by Crippen LogP contribution is 2.14. The molecule has 1 aromatic heterocycles. The summed E-state index contributed by atoms with van der Waals surface area (Å²) in [6.45, 7) is 5.76. The molecule has 5 heteroatoms. The van der Waals surface area contributed by atoms with E-state index in [9.17, 15) is 9.59 Å². The molecule has 2 aromatic rings. The Kier molecular flexibility index (Phi) is 3.64. The Morgan fingerprint density at radius 2 is 1.95 bits per heavy atom. The molecule has 2 rings (SSSR count). The second-order valence-corrected chi connectivity index (χ2v) is 4.47. The van der Waals surface area contributed by atoms with E-state index in [0.717, 1.165) is 0 Å². The fourth-order valence-electron chi connectivity index (χ4n) is 1.87. The van der Waals surface area contributed by atoms with Crippen molar-refractivity contribution in [3.05, 3.63) is 40.3 Å². The summed E-state index contributed by atoms with van der Waals surface area (Å²) in [6, 6.07) is 6.94. The van der Waals surface area contributed by atoms with Crippen molar-refractivity contribution in [1.82, 2.24) is 9.78 Å². The molecule has 0 saturated heterocycles. The fraction of sp³-hybridized carbons (Fsp3) is 0.357. The van der Waals surface area contributed by atoms with E-state index in [1.54, 1.807) is 45.0 Å². The number of ether oxygens (including phenoxy) is 1. The van der Waals surface area contributed by atoms with E-state index in [-0.39, 0.29) is 17.4 Å². The molecule has 1 aromatic carbocycles. The summed E-state index contributed by atoms with van der Waals surface area (Å²) in [5.74, 6) is -0.506. The van der Waals surface area contributed by atoms with Crippen LogP contribution in [0.3, 0.4) is 0 Å². The third kappa shape index (κ3) is 2.50. The highest BCUT2D eigenvalue weighted by Gasteiger charge is 2.18. The molecular weight excluding hydrogens is 244 g/mol. The molecule has 0 saturated carbocycles. The van der Waals surface area contributed by atoms with Crippen LogP contribution in [-0.4, -0.2) is 21.9 Å². The maximum atomic E-state index is 12.1. The lowest BCUT2D eigenvalue weighted by Crippen LogP contribution is -2.26. The normalized spacial score (nSPS) is 10.9. The van der Waals surface area contributed by atoms with E-state index in [1.807, 2.05) is 0 Å². The average molecular weight is 260 g/mol. The highest BCUT2D eigenvalue weighted by atomic mass is 16.5. The third-order valence-corrected chi connectivity index (χ3v) is 2.70. The summed E-state index contributed by atoms with van der Waals surface area (Å²) in [5, 5.41) is 5.11. The topological polar surface area (TPSA) is 61.2 Å². The van der Waals surface area contributed by atoms with Crippen LogP contribution in [0.5, 0.6) is 0 Å². The van der Waals surface area contributed by atoms with Crippen LogP contribution in [0.25, 0.3) is 10.8 Å². The van der Waals surface area contributed by atoms with E-state index < -0.39 is 5.97 Å². The van der Waals surface area contributed by atoms with E-state index in [1.165, 1.54) is 4.68 Å². The number of rotatable bonds is 3. The van der Waals surface area contributed by atoms with E-state index >= 15 is 0 Å². The molecule has 5 nitrogen and oxygen atoms in total. The molecule has 0 unspecified atom stereocenters. The number of hydrogen-bond acceptors (Lipinski definition) is 4. The van der Waals surface area contributed by atoms with Crippen LogP contribution in [0, 0.1) is 0 Å². The van der Waals surface area contributed by atoms with Gasteiger partial charge in [0.25, 0.3) is 5.56 Å². The Labute approximate surface area is 110 Å². The zero-order chi connectivity index (χ0) is 14.0. The van der Waals surface area contributed by atoms with Crippen molar-refractivity contribution in [3.8, 4) is 0 Å². The Morgan fingerprint density at radius 3 is 2.53 bits per heavy atom. The molecule has 0 atom stereocenters. The van der Waals surface area contributed by atoms with Gasteiger partial charge in [-0.3, -0.25) is 4.79 Å². The number of aromatic nitrogens is 2. The van der Waals surface area contributed by atoms with Gasteiger partial charge in [-0.2, -0.15) is 5.10 Å². The maximum absolute atomic E-state index is 12.1. The molecule has 0 bridgehead atoms. The van der Waals surface area contributed by atoms with Gasteiger partial charge < -0.3 is 4.74 Å². The monoisotopic (exact) mass is 260 g/mol. The second kappa shape index (κ2) is 5.22. The lowest BCUT2D eigenvalue weighted by molar-refractivity contribution is 0.0370. The molecule has 0 aliphatic rings. The van der Waals surface area contributed by atoms with Gasteiger partial charge in [-0.1, -0.05) is 18.2 Å². The number of carbonyl (C=O) groups is 1. The minimum absolute atomic E-state index is 0.186. The van der Waals surface area contributed by atoms with Crippen molar-refractivity contribution in [1.29, 1.82) is 0 Å². The number of benzene rings is 1. The molecule has 100 valence electrons. The number of esters is 1. The lowest BCUT2D eigenvalue weighted by Gasteiger charge is -2.11. The van der Waals surface area contributed by atoms with Gasteiger partial charge in [0.05, 0.1) is 11.5 Å². The summed E-state index contributed by atoms with van der Waals surface area (Å²) >= 11 is 0. The first kappa shape index (κ1) is 13.3. The first-order chi connectivity index (χ1) is 9.04. The predicted molar refractivity (Wildman–Crippen MR) is 72.2 cm³/mol. The molecule has 0 spiro atoms. The highest BCUT2D eigenvalue weighted by molar-refractivity contribution is 6.02. The number of aryl methyl sites for hydroxylation is 1. The van der Waals surface area contributed by atoms with Gasteiger partial charge in [-0.05, 0) is 26.8 Å². The van der Waals surface area contributed by atoms with E-state index in [4.69, 9.17) is 4.74 Å². The zero-order valence-corrected chi connectivity index (χ0v) is 11.2. The average Bonchev–Trinajstić information content (AvgIpc) is 2.38. The van der Waals surface area contributed by atoms with E-state index in [0.29, 0.717) is 17.3 Å². The van der Waals surface area contributed by atoms with Crippen LogP contribution in [0.15, 0.2) is 29.1 Å². The number of hydrogen-bond donors (Lipinski definition) is 0. The van der Waals surface area contributed by atoms with Gasteiger partial charge in [0.2, 0.25) is 0 Å². The zero-order valence-electron chi connectivity index (χ0n) is 11.2. The molecule has 0 N–H and O–H groups in total. The third-order valence-electron chi connectivity index (χ3n) is 2.70. The minimum Gasteiger partial charge on any atom is -0.458 e. The fourth-order valence-corrected chi connectivity index (χ4v) is 1.87. The summed E-state index contributed by atoms with van der Waals surface area (Å²) in [7, 11) is 0. The molecule has 1 heterocycles. The summed E-state index contributed by atoms with van der Waals surface area (Å²) in [6.07, 6.45) is -0.227. The second-order valence-electron chi connectivity index (χ2n) is 4.47. The van der Waals surface area contributed by atoms with Crippen LogP contribution in [0.1, 0.15) is 31.3 Å². The SMILES string of the molecule is CCn1nc(C(=O)OC(C)C)c2ccccc2c1=O. The van der Waals surface area contributed by atoms with Crippen molar-refractivity contribution in [3.63, 3.8) is 0 Å². The molecule has 19 heavy (non-hydrogen) atoms. The van der Waals surface area contributed by atoms with Gasteiger partial charge in [0.1, 0.15) is 0 Å². The lowest BCUT2D eigenvalue weighted by atomic mass is 10.1. The van der Waals surface area contributed by atoms with Gasteiger partial charge in [0.15, 0.2) is 5.69 Å². The van der Waals surface area contributed by atoms with Gasteiger partial charge >= 0.3 is 5.97 Å². The number of nitrogens with zero attached hydrogens (tertiary/aromatic N) is 2. The van der Waals surface area contributed by atoms with Gasteiger partial charge in [-0.15, -0.1) is 0 Å². The van der Waals surface area contributed by atoms with Gasteiger partial charge in [0, 0.05) is 11.9 Å². The molecule has 0 radical (unpaired) electrons. The molecule has 0 amide bonds. The summed E-state index contributed by atoms with van der Waals surface area (Å²) in [4.78, 5) is 24.2. The maximum Gasteiger partial charge on any atom is 0.359 e. The van der Waals surface area contributed by atoms with Crippen LogP contribution >= 0.6 is 0 Å². The Bertz CT molecular complexity index is 674.